The summed E-state index contributed by atoms with van der Waals surface area (Å²) in [5, 5.41) is 4.56. The zero-order valence-electron chi connectivity index (χ0n) is 24.2. The van der Waals surface area contributed by atoms with E-state index >= 15 is 4.39 Å². The van der Waals surface area contributed by atoms with Crippen molar-refractivity contribution in [2.24, 2.45) is 11.8 Å². The minimum atomic E-state index is -4.35. The number of rotatable bonds is 12. The van der Waals surface area contributed by atoms with Gasteiger partial charge in [-0.1, -0.05) is 50.0 Å². The van der Waals surface area contributed by atoms with Crippen LogP contribution < -0.4 is 9.62 Å². The Kier molecular flexibility index (Phi) is 9.15. The van der Waals surface area contributed by atoms with Gasteiger partial charge in [0, 0.05) is 51.3 Å². The molecule has 5 rings (SSSR count). The third kappa shape index (κ3) is 6.99. The zero-order chi connectivity index (χ0) is 29.2. The van der Waals surface area contributed by atoms with Crippen molar-refractivity contribution in [3.63, 3.8) is 0 Å². The van der Waals surface area contributed by atoms with Crippen molar-refractivity contribution in [1.29, 1.82) is 0 Å². The number of hydrogen-bond acceptors (Lipinski definition) is 8. The molecule has 1 N–H and O–H groups in total. The third-order valence-electron chi connectivity index (χ3n) is 8.13. The molecule has 1 aliphatic heterocycles. The van der Waals surface area contributed by atoms with Crippen molar-refractivity contribution < 1.29 is 17.5 Å². The molecule has 1 saturated carbocycles. The molecular formula is C29H40FN5O3S2Si. The first-order valence-electron chi connectivity index (χ1n) is 14.2. The molecule has 1 aromatic carbocycles. The lowest BCUT2D eigenvalue weighted by molar-refractivity contribution is 0.148. The van der Waals surface area contributed by atoms with Gasteiger partial charge in [0.1, 0.15) is 6.73 Å². The van der Waals surface area contributed by atoms with Crippen LogP contribution in [0.3, 0.4) is 0 Å². The highest BCUT2D eigenvalue weighted by atomic mass is 32.2. The lowest BCUT2D eigenvalue weighted by Gasteiger charge is -2.39. The number of pyridine rings is 1. The number of benzene rings is 1. The number of fused-ring (bicyclic) bond motifs is 2. The molecule has 0 amide bonds. The Bertz CT molecular complexity index is 1410. The van der Waals surface area contributed by atoms with Crippen LogP contribution in [0.5, 0.6) is 0 Å². The fourth-order valence-corrected chi connectivity index (χ4v) is 8.50. The topological polar surface area (TPSA) is 87.7 Å². The number of nitrogens with one attached hydrogen (secondary N) is 1. The molecule has 12 heteroatoms. The smallest absolute Gasteiger partial charge is 0.287 e. The van der Waals surface area contributed by atoms with Crippen LogP contribution in [0.4, 0.5) is 15.9 Å². The molecule has 0 spiro atoms. The lowest BCUT2D eigenvalue weighted by atomic mass is 9.91. The summed E-state index contributed by atoms with van der Waals surface area (Å²) in [7, 11) is -5.71. The van der Waals surface area contributed by atoms with Crippen LogP contribution in [0.25, 0.3) is 0 Å². The van der Waals surface area contributed by atoms with Crippen molar-refractivity contribution in [2.45, 2.75) is 63.1 Å². The Morgan fingerprint density at radius 2 is 1.85 bits per heavy atom. The second-order valence-corrected chi connectivity index (χ2v) is 20.5. The number of sulfonamides is 1. The molecule has 2 fully saturated rings. The molecule has 1 aliphatic carbocycles. The molecule has 222 valence electrons. The molecule has 0 unspecified atom stereocenters. The molecule has 2 aromatic heterocycles. The van der Waals surface area contributed by atoms with Gasteiger partial charge in [-0.15, -0.1) is 11.3 Å². The Balaban J connectivity index is 1.30. The molecule has 8 nitrogen and oxygen atoms in total. The number of nitrogens with zero attached hydrogens (tertiary/aromatic N) is 4. The molecule has 3 atom stereocenters. The predicted octanol–water partition coefficient (Wildman–Crippen LogP) is 5.82. The summed E-state index contributed by atoms with van der Waals surface area (Å²) < 4.78 is 49.9. The number of anilines is 2. The van der Waals surface area contributed by atoms with Crippen LogP contribution >= 0.6 is 11.3 Å². The van der Waals surface area contributed by atoms with Gasteiger partial charge in [-0.3, -0.25) is 4.90 Å². The molecule has 3 aromatic rings. The SMILES string of the molecule is Cc1c(N[C@@H]2[C@@H]3CC[C@H]2CN(Cc2ccccc2)C3)cnc(S(=O)(=O)N(COCC[Si](C)(C)C)c2cscn2)c1F. The largest absolute Gasteiger partial charge is 0.380 e. The number of likely N-dealkylation sites (tertiary alicyclic amines) is 1. The van der Waals surface area contributed by atoms with Crippen LogP contribution in [0.15, 0.2) is 52.4 Å². The average molecular weight is 618 g/mol. The van der Waals surface area contributed by atoms with Gasteiger partial charge in [0.05, 0.1) is 17.4 Å². The van der Waals surface area contributed by atoms with Crippen LogP contribution in [-0.2, 0) is 21.3 Å². The Morgan fingerprint density at radius 3 is 2.49 bits per heavy atom. The summed E-state index contributed by atoms with van der Waals surface area (Å²) in [6, 6.07) is 11.6. The molecule has 2 aliphatic rings. The lowest BCUT2D eigenvalue weighted by Crippen LogP contribution is -2.47. The van der Waals surface area contributed by atoms with E-state index in [1.165, 1.54) is 23.1 Å². The molecule has 41 heavy (non-hydrogen) atoms. The zero-order valence-corrected chi connectivity index (χ0v) is 26.8. The van der Waals surface area contributed by atoms with Gasteiger partial charge in [-0.2, -0.15) is 8.42 Å². The minimum absolute atomic E-state index is 0.197. The summed E-state index contributed by atoms with van der Waals surface area (Å²) in [6.07, 6.45) is 3.71. The number of ether oxygens (including phenoxy) is 1. The second kappa shape index (κ2) is 12.5. The van der Waals surface area contributed by atoms with Gasteiger partial charge >= 0.3 is 0 Å². The van der Waals surface area contributed by atoms with Crippen LogP contribution in [0.2, 0.25) is 25.7 Å². The first-order valence-corrected chi connectivity index (χ1v) is 20.3. The van der Waals surface area contributed by atoms with Gasteiger partial charge in [0.2, 0.25) is 5.03 Å². The Labute approximate surface area is 248 Å². The summed E-state index contributed by atoms with van der Waals surface area (Å²) in [5.41, 5.74) is 3.65. The number of piperidine rings is 1. The Hall–Kier alpha value is -2.38. The highest BCUT2D eigenvalue weighted by Gasteiger charge is 2.42. The van der Waals surface area contributed by atoms with Crippen molar-refractivity contribution >= 4 is 40.9 Å². The van der Waals surface area contributed by atoms with E-state index in [0.29, 0.717) is 24.1 Å². The number of hydrogen-bond donors (Lipinski definition) is 1. The van der Waals surface area contributed by atoms with Gasteiger partial charge < -0.3 is 10.1 Å². The molecule has 2 bridgehead atoms. The van der Waals surface area contributed by atoms with Crippen LogP contribution in [0.1, 0.15) is 24.0 Å². The van der Waals surface area contributed by atoms with E-state index in [4.69, 9.17) is 4.74 Å². The monoisotopic (exact) mass is 617 g/mol. The summed E-state index contributed by atoms with van der Waals surface area (Å²) in [4.78, 5) is 10.8. The molecule has 0 radical (unpaired) electrons. The maximum atomic E-state index is 15.8. The summed E-state index contributed by atoms with van der Waals surface area (Å²) >= 11 is 1.27. The van der Waals surface area contributed by atoms with Crippen molar-refractivity contribution in [3.05, 3.63) is 64.4 Å². The number of thiazole rings is 1. The standard InChI is InChI=1S/C29H40FN5O3S2Si/c1-21-25(33-28-23-10-11-24(28)17-34(16-23)15-22-8-6-5-7-9-22)14-31-29(27(21)30)40(36,37)35(26-18-39-19-32-26)20-38-12-13-41(2,3)4/h5-9,14,18-19,23-24,28,33H,10-13,15-17,20H2,1-4H3/t23-,24+,28-. The van der Waals surface area contributed by atoms with E-state index in [-0.39, 0.29) is 24.2 Å². The number of halogens is 1. The van der Waals surface area contributed by atoms with Crippen LogP contribution in [0, 0.1) is 24.6 Å². The average Bonchev–Trinajstić information content (AvgIpc) is 3.52. The third-order valence-corrected chi connectivity index (χ3v) is 12.1. The maximum absolute atomic E-state index is 15.8. The van der Waals surface area contributed by atoms with Crippen molar-refractivity contribution in [2.75, 3.05) is 36.0 Å². The van der Waals surface area contributed by atoms with E-state index in [1.807, 2.05) is 6.07 Å². The first-order chi connectivity index (χ1) is 19.5. The summed E-state index contributed by atoms with van der Waals surface area (Å²) in [5.74, 6) is 0.239. The van der Waals surface area contributed by atoms with E-state index in [2.05, 4.69) is 64.1 Å². The first kappa shape index (κ1) is 30.1. The fraction of sp³-hybridized carbons (Fsp3) is 0.517. The number of aromatic nitrogens is 2. The maximum Gasteiger partial charge on any atom is 0.287 e. The molecular weight excluding hydrogens is 578 g/mol. The molecule has 3 heterocycles. The van der Waals surface area contributed by atoms with E-state index in [1.54, 1.807) is 17.8 Å². The Morgan fingerprint density at radius 1 is 1.15 bits per heavy atom. The summed E-state index contributed by atoms with van der Waals surface area (Å²) in [6.45, 7) is 11.4. The van der Waals surface area contributed by atoms with Crippen LogP contribution in [-0.4, -0.2) is 63.8 Å². The van der Waals surface area contributed by atoms with Gasteiger partial charge in [-0.25, -0.2) is 18.7 Å². The minimum Gasteiger partial charge on any atom is -0.380 e. The highest BCUT2D eigenvalue weighted by Crippen LogP contribution is 2.40. The fourth-order valence-electron chi connectivity index (χ4n) is 5.80. The van der Waals surface area contributed by atoms with E-state index < -0.39 is 28.9 Å². The van der Waals surface area contributed by atoms with Crippen molar-refractivity contribution in [1.82, 2.24) is 14.9 Å². The van der Waals surface area contributed by atoms with E-state index in [9.17, 15) is 8.42 Å². The normalized spacial score (nSPS) is 21.2. The predicted molar refractivity (Wildman–Crippen MR) is 165 cm³/mol. The van der Waals surface area contributed by atoms with Crippen molar-refractivity contribution in [3.8, 4) is 0 Å². The van der Waals surface area contributed by atoms with E-state index in [0.717, 1.165) is 42.8 Å². The molecule has 1 saturated heterocycles. The highest BCUT2D eigenvalue weighted by molar-refractivity contribution is 7.92. The second-order valence-electron chi connectivity index (χ2n) is 12.4. The quantitative estimate of drug-likeness (QED) is 0.156. The van der Waals surface area contributed by atoms with Gasteiger partial charge in [-0.05, 0) is 43.2 Å². The van der Waals surface area contributed by atoms with Gasteiger partial charge in [0.25, 0.3) is 10.0 Å². The van der Waals surface area contributed by atoms with Gasteiger partial charge in [0.15, 0.2) is 11.6 Å².